The van der Waals surface area contributed by atoms with Gasteiger partial charge in [0.15, 0.2) is 5.78 Å². The summed E-state index contributed by atoms with van der Waals surface area (Å²) in [5, 5.41) is 25.1. The highest BCUT2D eigenvalue weighted by molar-refractivity contribution is 6.07. The first-order valence-electron chi connectivity index (χ1n) is 10.0. The monoisotopic (exact) mass is 423 g/mol. The van der Waals surface area contributed by atoms with Gasteiger partial charge in [0, 0.05) is 33.0 Å². The Labute approximate surface area is 178 Å². The molecule has 0 amide bonds. The van der Waals surface area contributed by atoms with Crippen molar-refractivity contribution in [3.63, 3.8) is 0 Å². The predicted octanol–water partition coefficient (Wildman–Crippen LogP) is 2.60. The van der Waals surface area contributed by atoms with Gasteiger partial charge in [-0.2, -0.15) is 0 Å². The van der Waals surface area contributed by atoms with Crippen LogP contribution in [0.25, 0.3) is 0 Å². The molecule has 1 fully saturated rings. The molecule has 2 bridgehead atoms. The summed E-state index contributed by atoms with van der Waals surface area (Å²) < 4.78 is 0. The minimum Gasteiger partial charge on any atom is -0.294 e. The van der Waals surface area contributed by atoms with Crippen LogP contribution in [0.3, 0.4) is 0 Å². The van der Waals surface area contributed by atoms with Crippen molar-refractivity contribution in [2.45, 2.75) is 24.4 Å². The maximum atomic E-state index is 13.5. The second kappa shape index (κ2) is 7.35. The third kappa shape index (κ3) is 2.80. The van der Waals surface area contributed by atoms with Crippen molar-refractivity contribution in [1.82, 2.24) is 4.90 Å². The highest BCUT2D eigenvalue weighted by atomic mass is 16.6. The zero-order chi connectivity index (χ0) is 22.4. The van der Waals surface area contributed by atoms with Crippen LogP contribution in [-0.2, 0) is 5.54 Å². The lowest BCUT2D eigenvalue weighted by Gasteiger charge is -2.50. The van der Waals surface area contributed by atoms with Gasteiger partial charge in [-0.15, -0.1) is 0 Å². The Morgan fingerprint density at radius 1 is 1.00 bits per heavy atom. The van der Waals surface area contributed by atoms with Gasteiger partial charge in [-0.25, -0.2) is 0 Å². The second-order valence-corrected chi connectivity index (χ2v) is 8.09. The molecule has 2 aromatic carbocycles. The molecule has 9 heteroatoms. The fourth-order valence-corrected chi connectivity index (χ4v) is 5.19. The van der Waals surface area contributed by atoms with Crippen LogP contribution < -0.4 is 0 Å². The van der Waals surface area contributed by atoms with E-state index >= 15 is 0 Å². The van der Waals surface area contributed by atoms with E-state index in [1.807, 2.05) is 0 Å². The van der Waals surface area contributed by atoms with Crippen LogP contribution in [-0.4, -0.2) is 51.5 Å². The molecule has 1 heterocycles. The van der Waals surface area contributed by atoms with Crippen LogP contribution in [0, 0.1) is 26.1 Å². The minimum absolute atomic E-state index is 0.00457. The Morgan fingerprint density at radius 2 is 1.58 bits per heavy atom. The van der Waals surface area contributed by atoms with Gasteiger partial charge in [0.25, 0.3) is 5.54 Å². The van der Waals surface area contributed by atoms with E-state index in [-0.39, 0.29) is 24.2 Å². The van der Waals surface area contributed by atoms with Gasteiger partial charge in [0.05, 0.1) is 13.1 Å². The van der Waals surface area contributed by atoms with Gasteiger partial charge in [0.1, 0.15) is 5.92 Å². The van der Waals surface area contributed by atoms with Crippen LogP contribution >= 0.6 is 0 Å². The zero-order valence-electron chi connectivity index (χ0n) is 16.9. The van der Waals surface area contributed by atoms with Crippen molar-refractivity contribution in [2.75, 3.05) is 19.6 Å². The molecule has 2 aromatic rings. The van der Waals surface area contributed by atoms with E-state index in [0.717, 1.165) is 0 Å². The minimum atomic E-state index is -2.28. The summed E-state index contributed by atoms with van der Waals surface area (Å²) in [6.07, 6.45) is -0.469. The lowest BCUT2D eigenvalue weighted by Crippen LogP contribution is -2.75. The van der Waals surface area contributed by atoms with Crippen molar-refractivity contribution in [2.24, 2.45) is 5.92 Å². The van der Waals surface area contributed by atoms with E-state index in [1.54, 1.807) is 54.3 Å². The quantitative estimate of drug-likeness (QED) is 0.397. The Hall–Kier alpha value is -3.46. The number of piperidine rings is 1. The second-order valence-electron chi connectivity index (χ2n) is 8.09. The molecule has 0 spiro atoms. The number of nitro groups is 2. The number of hydrogen-bond acceptors (Lipinski definition) is 7. The zero-order valence-corrected chi connectivity index (χ0v) is 16.9. The number of Topliss-reactive ketones (excluding diaryl/α,β-unsaturated/α-hetero) is 2. The number of carbonyl (C=O) groups excluding carboxylic acids is 2. The average Bonchev–Trinajstić information content (AvgIpc) is 2.78. The van der Waals surface area contributed by atoms with Crippen LogP contribution in [0.2, 0.25) is 0 Å². The van der Waals surface area contributed by atoms with Crippen LogP contribution in [0.15, 0.2) is 54.6 Å². The molecular formula is C22H21N3O6. The van der Waals surface area contributed by atoms with Crippen LogP contribution in [0.1, 0.15) is 39.6 Å². The Kier molecular flexibility index (Phi) is 4.93. The normalized spacial score (nSPS) is 27.4. The largest absolute Gasteiger partial charge is 0.306 e. The maximum absolute atomic E-state index is 13.5. The van der Waals surface area contributed by atoms with Crippen molar-refractivity contribution in [3.05, 3.63) is 91.5 Å². The lowest BCUT2D eigenvalue weighted by molar-refractivity contribution is -0.640. The summed E-state index contributed by atoms with van der Waals surface area (Å²) in [5.74, 6) is -2.64. The first-order valence-corrected chi connectivity index (χ1v) is 10.0. The number of fused-ring (bicyclic) bond motifs is 4. The summed E-state index contributed by atoms with van der Waals surface area (Å²) in [7, 11) is 0. The molecule has 1 saturated heterocycles. The number of rotatable bonds is 6. The molecule has 0 aromatic heterocycles. The molecular weight excluding hydrogens is 402 g/mol. The summed E-state index contributed by atoms with van der Waals surface area (Å²) in [4.78, 5) is 52.1. The van der Waals surface area contributed by atoms with Gasteiger partial charge in [-0.05, 0) is 6.54 Å². The summed E-state index contributed by atoms with van der Waals surface area (Å²) in [6, 6.07) is 14.2. The van der Waals surface area contributed by atoms with E-state index in [9.17, 15) is 29.8 Å². The summed E-state index contributed by atoms with van der Waals surface area (Å²) in [5.41, 5.74) is -3.78. The third-order valence-electron chi connectivity index (χ3n) is 6.70. The van der Waals surface area contributed by atoms with Gasteiger partial charge in [-0.3, -0.25) is 34.7 Å². The molecule has 0 unspecified atom stereocenters. The molecule has 4 rings (SSSR count). The SMILES string of the molecule is CCN1C[C@]2([N+](=O)[O-])c3ccccc3C(=O)[C@]([N+](=O)[O-])(C1)[C@H]2CC(=O)c1ccccc1. The van der Waals surface area contributed by atoms with E-state index in [1.165, 1.54) is 12.1 Å². The molecule has 160 valence electrons. The highest BCUT2D eigenvalue weighted by Gasteiger charge is 2.77. The van der Waals surface area contributed by atoms with Gasteiger partial charge in [0.2, 0.25) is 5.78 Å². The van der Waals surface area contributed by atoms with Crippen molar-refractivity contribution < 1.29 is 19.4 Å². The van der Waals surface area contributed by atoms with Gasteiger partial charge >= 0.3 is 5.54 Å². The van der Waals surface area contributed by atoms with E-state index in [4.69, 9.17) is 0 Å². The van der Waals surface area contributed by atoms with Crippen molar-refractivity contribution >= 4 is 11.6 Å². The Morgan fingerprint density at radius 3 is 2.19 bits per heavy atom. The number of benzene rings is 2. The number of carbonyl (C=O) groups is 2. The van der Waals surface area contributed by atoms with Crippen molar-refractivity contribution in [1.29, 1.82) is 0 Å². The molecule has 31 heavy (non-hydrogen) atoms. The molecule has 2 aliphatic rings. The average molecular weight is 423 g/mol. The number of hydrogen-bond donors (Lipinski definition) is 0. The molecule has 0 N–H and O–H groups in total. The van der Waals surface area contributed by atoms with Crippen LogP contribution in [0.5, 0.6) is 0 Å². The molecule has 0 saturated carbocycles. The lowest BCUT2D eigenvalue weighted by atomic mass is 9.56. The maximum Gasteiger partial charge on any atom is 0.306 e. The first kappa shape index (κ1) is 20.8. The van der Waals surface area contributed by atoms with E-state index in [0.29, 0.717) is 12.1 Å². The fourth-order valence-electron chi connectivity index (χ4n) is 5.19. The molecule has 1 aliphatic heterocycles. The van der Waals surface area contributed by atoms with Crippen LogP contribution in [0.4, 0.5) is 0 Å². The fraction of sp³-hybridized carbons (Fsp3) is 0.364. The number of nitrogens with zero attached hydrogens (tertiary/aromatic N) is 3. The number of likely N-dealkylation sites (tertiary alicyclic amines) is 1. The number of likely N-dealkylation sites (N-methyl/N-ethyl adjacent to an activating group) is 1. The third-order valence-corrected chi connectivity index (χ3v) is 6.70. The molecule has 1 aliphatic carbocycles. The topological polar surface area (TPSA) is 124 Å². The first-order chi connectivity index (χ1) is 14.8. The van der Waals surface area contributed by atoms with E-state index < -0.39 is 44.8 Å². The molecule has 0 radical (unpaired) electrons. The Balaban J connectivity index is 1.99. The molecule has 3 atom stereocenters. The highest BCUT2D eigenvalue weighted by Crippen LogP contribution is 2.53. The molecule has 9 nitrogen and oxygen atoms in total. The van der Waals surface area contributed by atoms with Gasteiger partial charge < -0.3 is 0 Å². The standard InChI is InChI=1S/C22H21N3O6/c1-2-23-13-21(24(28)29)17-11-7-6-10-16(17)20(27)22(14-23,25(30)31)19(21)12-18(26)15-8-4-3-5-9-15/h3-11,19H,2,12-14H2,1H3/t19-,21-,22-/m0/s1. The Bertz CT molecular complexity index is 1090. The van der Waals surface area contributed by atoms with E-state index in [2.05, 4.69) is 0 Å². The number of ketones is 2. The van der Waals surface area contributed by atoms with Crippen molar-refractivity contribution in [3.8, 4) is 0 Å². The summed E-state index contributed by atoms with van der Waals surface area (Å²) in [6.45, 7) is 1.66. The van der Waals surface area contributed by atoms with Gasteiger partial charge in [-0.1, -0.05) is 61.5 Å². The predicted molar refractivity (Wildman–Crippen MR) is 110 cm³/mol. The summed E-state index contributed by atoms with van der Waals surface area (Å²) >= 11 is 0. The smallest absolute Gasteiger partial charge is 0.294 e.